The highest BCUT2D eigenvalue weighted by molar-refractivity contribution is 5.87. The Labute approximate surface area is 163 Å². The van der Waals surface area contributed by atoms with Crippen LogP contribution in [0.3, 0.4) is 0 Å². The van der Waals surface area contributed by atoms with Crippen molar-refractivity contribution in [1.82, 2.24) is 0 Å². The maximum absolute atomic E-state index is 10.9. The molecule has 3 rings (SSSR count). The summed E-state index contributed by atoms with van der Waals surface area (Å²) in [6.45, 7) is 13.2. The van der Waals surface area contributed by atoms with E-state index in [-0.39, 0.29) is 16.4 Å². The van der Waals surface area contributed by atoms with Crippen LogP contribution in [0.1, 0.15) is 87.0 Å². The second-order valence-corrected chi connectivity index (χ2v) is 8.16. The molecule has 2 aromatic rings. The normalized spacial score (nSPS) is 16.1. The molecule has 2 aromatic carbocycles. The molecular weight excluding hydrogens is 332 g/mol. The van der Waals surface area contributed by atoms with Crippen LogP contribution in [0, 0.1) is 11.8 Å². The Morgan fingerprint density at radius 2 is 1.30 bits per heavy atom. The number of fused-ring (bicyclic) bond motifs is 1. The van der Waals surface area contributed by atoms with E-state index in [1.165, 1.54) is 24.0 Å². The molecular formula is C25H30O2. The first-order chi connectivity index (χ1) is 12.7. The topological polar surface area (TPSA) is 37.3 Å². The Balaban J connectivity index is 0.00000126. The summed E-state index contributed by atoms with van der Waals surface area (Å²) < 4.78 is 0. The molecule has 1 aliphatic rings. The van der Waals surface area contributed by atoms with E-state index in [0.717, 1.165) is 11.1 Å². The van der Waals surface area contributed by atoms with Gasteiger partial charge in [0.1, 0.15) is 0 Å². The molecule has 0 spiro atoms. The lowest BCUT2D eigenvalue weighted by molar-refractivity contribution is 0.0697. The van der Waals surface area contributed by atoms with Crippen LogP contribution in [0.25, 0.3) is 0 Å². The number of benzene rings is 2. The van der Waals surface area contributed by atoms with Gasteiger partial charge in [-0.05, 0) is 71.2 Å². The van der Waals surface area contributed by atoms with Crippen LogP contribution in [-0.2, 0) is 10.8 Å². The van der Waals surface area contributed by atoms with E-state index in [4.69, 9.17) is 5.11 Å². The van der Waals surface area contributed by atoms with Gasteiger partial charge in [0.15, 0.2) is 0 Å². The van der Waals surface area contributed by atoms with Crippen LogP contribution in [0.2, 0.25) is 0 Å². The van der Waals surface area contributed by atoms with Gasteiger partial charge in [0.05, 0.1) is 5.56 Å². The Hall–Kier alpha value is -2.53. The summed E-state index contributed by atoms with van der Waals surface area (Å²) in [6, 6.07) is 13.2. The predicted molar refractivity (Wildman–Crippen MR) is 112 cm³/mol. The number of carboxylic acids is 1. The molecule has 0 aromatic heterocycles. The highest BCUT2D eigenvalue weighted by atomic mass is 16.4. The van der Waals surface area contributed by atoms with E-state index >= 15 is 0 Å². The van der Waals surface area contributed by atoms with Crippen LogP contribution < -0.4 is 0 Å². The molecule has 0 saturated carbocycles. The Kier molecular flexibility index (Phi) is 6.16. The molecule has 0 unspecified atom stereocenters. The van der Waals surface area contributed by atoms with Crippen molar-refractivity contribution in [3.63, 3.8) is 0 Å². The molecule has 0 heterocycles. The highest BCUT2D eigenvalue weighted by Crippen LogP contribution is 2.45. The van der Waals surface area contributed by atoms with Gasteiger partial charge in [0, 0.05) is 11.1 Å². The van der Waals surface area contributed by atoms with Crippen molar-refractivity contribution in [2.45, 2.75) is 65.2 Å². The molecule has 0 atom stereocenters. The zero-order valence-corrected chi connectivity index (χ0v) is 17.3. The minimum absolute atomic E-state index is 0.172. The smallest absolute Gasteiger partial charge is 0.335 e. The Morgan fingerprint density at radius 3 is 1.85 bits per heavy atom. The summed E-state index contributed by atoms with van der Waals surface area (Å²) in [5.41, 5.74) is 5.32. The van der Waals surface area contributed by atoms with Gasteiger partial charge in [0.25, 0.3) is 0 Å². The average molecular weight is 363 g/mol. The third-order valence-electron chi connectivity index (χ3n) is 5.34. The highest BCUT2D eigenvalue weighted by Gasteiger charge is 2.36. The molecule has 1 aliphatic carbocycles. The lowest BCUT2D eigenvalue weighted by atomic mass is 9.63. The number of hydrogen-bond acceptors (Lipinski definition) is 1. The van der Waals surface area contributed by atoms with E-state index in [0.29, 0.717) is 0 Å². The molecule has 2 nitrogen and oxygen atoms in total. The standard InChI is InChI=1S/C23H24O2.C2H6/c1-22(2)13-14-23(3,4)20-15-17(9-12-19(20)22)6-5-16-7-10-18(11-8-16)21(24)25;1-2/h7-12,15H,13-14H2,1-4H3,(H,24,25);1-2H3. The van der Waals surface area contributed by atoms with Gasteiger partial charge in [-0.2, -0.15) is 0 Å². The maximum atomic E-state index is 10.9. The van der Waals surface area contributed by atoms with Gasteiger partial charge >= 0.3 is 5.97 Å². The summed E-state index contributed by atoms with van der Waals surface area (Å²) in [6.07, 6.45) is 2.38. The minimum atomic E-state index is -0.918. The van der Waals surface area contributed by atoms with Gasteiger partial charge in [-0.1, -0.05) is 59.4 Å². The number of hydrogen-bond donors (Lipinski definition) is 1. The quantitative estimate of drug-likeness (QED) is 0.617. The van der Waals surface area contributed by atoms with Crippen molar-refractivity contribution < 1.29 is 9.90 Å². The summed E-state index contributed by atoms with van der Waals surface area (Å²) in [5.74, 6) is 5.45. The number of rotatable bonds is 1. The maximum Gasteiger partial charge on any atom is 0.335 e. The lowest BCUT2D eigenvalue weighted by Crippen LogP contribution is -2.33. The Bertz CT molecular complexity index is 875. The van der Waals surface area contributed by atoms with E-state index in [1.807, 2.05) is 13.8 Å². The van der Waals surface area contributed by atoms with Crippen LogP contribution in [0.4, 0.5) is 0 Å². The molecule has 142 valence electrons. The molecule has 0 bridgehead atoms. The van der Waals surface area contributed by atoms with Crippen LogP contribution in [0.5, 0.6) is 0 Å². The fourth-order valence-corrected chi connectivity index (χ4v) is 3.51. The number of carbonyl (C=O) groups is 1. The van der Waals surface area contributed by atoms with E-state index in [9.17, 15) is 4.79 Å². The van der Waals surface area contributed by atoms with Crippen LogP contribution in [-0.4, -0.2) is 11.1 Å². The first kappa shape index (κ1) is 20.8. The van der Waals surface area contributed by atoms with Gasteiger partial charge in [-0.15, -0.1) is 0 Å². The third kappa shape index (κ3) is 4.61. The van der Waals surface area contributed by atoms with Gasteiger partial charge in [-0.25, -0.2) is 4.79 Å². The van der Waals surface area contributed by atoms with Crippen molar-refractivity contribution in [1.29, 1.82) is 0 Å². The predicted octanol–water partition coefficient (Wildman–Crippen LogP) is 6.16. The molecule has 0 aliphatic heterocycles. The molecule has 0 amide bonds. The molecule has 2 heteroatoms. The van der Waals surface area contributed by atoms with E-state index < -0.39 is 5.97 Å². The summed E-state index contributed by atoms with van der Waals surface area (Å²) in [7, 11) is 0. The second kappa shape index (κ2) is 8.01. The van der Waals surface area contributed by atoms with Crippen molar-refractivity contribution in [3.8, 4) is 11.8 Å². The average Bonchev–Trinajstić information content (AvgIpc) is 2.66. The van der Waals surface area contributed by atoms with Crippen LogP contribution in [0.15, 0.2) is 42.5 Å². The zero-order valence-electron chi connectivity index (χ0n) is 17.3. The van der Waals surface area contributed by atoms with Crippen molar-refractivity contribution in [2.24, 2.45) is 0 Å². The molecule has 27 heavy (non-hydrogen) atoms. The van der Waals surface area contributed by atoms with Gasteiger partial charge in [0.2, 0.25) is 0 Å². The monoisotopic (exact) mass is 362 g/mol. The van der Waals surface area contributed by atoms with E-state index in [2.05, 4.69) is 57.7 Å². The third-order valence-corrected chi connectivity index (χ3v) is 5.34. The van der Waals surface area contributed by atoms with Gasteiger partial charge < -0.3 is 5.11 Å². The van der Waals surface area contributed by atoms with Crippen molar-refractivity contribution in [3.05, 3.63) is 70.3 Å². The molecule has 0 radical (unpaired) electrons. The number of carboxylic acid groups (broad SMARTS) is 1. The summed E-state index contributed by atoms with van der Waals surface area (Å²) in [5, 5.41) is 8.95. The first-order valence-electron chi connectivity index (χ1n) is 9.69. The fourth-order valence-electron chi connectivity index (χ4n) is 3.51. The summed E-state index contributed by atoms with van der Waals surface area (Å²) in [4.78, 5) is 10.9. The minimum Gasteiger partial charge on any atom is -0.478 e. The Morgan fingerprint density at radius 1 is 0.815 bits per heavy atom. The SMILES string of the molecule is CC.CC1(C)CCC(C)(C)c2cc(C#Cc3ccc(C(=O)O)cc3)ccc21. The van der Waals surface area contributed by atoms with Gasteiger partial charge in [-0.3, -0.25) is 0 Å². The zero-order chi connectivity index (χ0) is 20.2. The fraction of sp³-hybridized carbons (Fsp3) is 0.400. The molecule has 1 N–H and O–H groups in total. The molecule has 0 saturated heterocycles. The second-order valence-electron chi connectivity index (χ2n) is 8.16. The van der Waals surface area contributed by atoms with Crippen molar-refractivity contribution >= 4 is 5.97 Å². The van der Waals surface area contributed by atoms with Crippen molar-refractivity contribution in [2.75, 3.05) is 0 Å². The number of aromatic carboxylic acids is 1. The summed E-state index contributed by atoms with van der Waals surface area (Å²) >= 11 is 0. The van der Waals surface area contributed by atoms with Crippen LogP contribution >= 0.6 is 0 Å². The first-order valence-corrected chi connectivity index (χ1v) is 9.69. The largest absolute Gasteiger partial charge is 0.478 e. The lowest BCUT2D eigenvalue weighted by Gasteiger charge is -2.41. The molecule has 0 fully saturated rings. The van der Waals surface area contributed by atoms with E-state index in [1.54, 1.807) is 24.3 Å².